The number of pyridine rings is 1. The van der Waals surface area contributed by atoms with Crippen LogP contribution in [-0.4, -0.2) is 10.1 Å². The summed E-state index contributed by atoms with van der Waals surface area (Å²) in [5.74, 6) is -0.368. The standard InChI is InChI=1S/C14H15FN2O/c1-9-3-2-4-11(14(9)15)13(18)7-10-8-17-6-5-12(10)16/h2-6,8,13,18H,7H2,1H3,(H2,16,17). The summed E-state index contributed by atoms with van der Waals surface area (Å²) in [6, 6.07) is 6.64. The van der Waals surface area contributed by atoms with Gasteiger partial charge in [0.05, 0.1) is 6.10 Å². The fourth-order valence-electron chi connectivity index (χ4n) is 1.85. The number of aromatic nitrogens is 1. The zero-order chi connectivity index (χ0) is 13.1. The molecule has 3 nitrogen and oxygen atoms in total. The lowest BCUT2D eigenvalue weighted by molar-refractivity contribution is 0.173. The molecule has 1 atom stereocenters. The zero-order valence-electron chi connectivity index (χ0n) is 10.1. The molecule has 0 saturated heterocycles. The lowest BCUT2D eigenvalue weighted by Crippen LogP contribution is -2.07. The maximum absolute atomic E-state index is 13.8. The van der Waals surface area contributed by atoms with Gasteiger partial charge in [0, 0.05) is 30.1 Å². The van der Waals surface area contributed by atoms with Gasteiger partial charge in [-0.05, 0) is 24.1 Å². The Hall–Kier alpha value is -1.94. The first-order valence-corrected chi connectivity index (χ1v) is 5.71. The Bertz CT molecular complexity index is 557. The maximum Gasteiger partial charge on any atom is 0.131 e. The Labute approximate surface area is 105 Å². The van der Waals surface area contributed by atoms with Crippen molar-refractivity contribution in [3.63, 3.8) is 0 Å². The highest BCUT2D eigenvalue weighted by atomic mass is 19.1. The zero-order valence-corrected chi connectivity index (χ0v) is 10.1. The first-order valence-electron chi connectivity index (χ1n) is 5.71. The number of rotatable bonds is 3. The second-order valence-corrected chi connectivity index (χ2v) is 4.27. The van der Waals surface area contributed by atoms with Crippen LogP contribution in [0.25, 0.3) is 0 Å². The van der Waals surface area contributed by atoms with Gasteiger partial charge in [-0.2, -0.15) is 0 Å². The first-order chi connectivity index (χ1) is 8.59. The summed E-state index contributed by atoms with van der Waals surface area (Å²) in [6.07, 6.45) is 2.50. The Morgan fingerprint density at radius 2 is 2.17 bits per heavy atom. The summed E-state index contributed by atoms with van der Waals surface area (Å²) >= 11 is 0. The molecule has 94 valence electrons. The number of aliphatic hydroxyl groups excluding tert-OH is 1. The molecule has 3 N–H and O–H groups in total. The topological polar surface area (TPSA) is 59.1 Å². The van der Waals surface area contributed by atoms with Gasteiger partial charge < -0.3 is 10.8 Å². The normalized spacial score (nSPS) is 12.4. The van der Waals surface area contributed by atoms with Crippen LogP contribution in [0.1, 0.15) is 22.8 Å². The third kappa shape index (κ3) is 2.49. The Kier molecular flexibility index (Phi) is 3.58. The Morgan fingerprint density at radius 3 is 2.89 bits per heavy atom. The van der Waals surface area contributed by atoms with Crippen molar-refractivity contribution in [1.29, 1.82) is 0 Å². The van der Waals surface area contributed by atoms with Crippen LogP contribution >= 0.6 is 0 Å². The van der Waals surface area contributed by atoms with Crippen molar-refractivity contribution in [3.8, 4) is 0 Å². The van der Waals surface area contributed by atoms with Crippen molar-refractivity contribution in [2.24, 2.45) is 0 Å². The number of nitrogens with two attached hydrogens (primary N) is 1. The van der Waals surface area contributed by atoms with Crippen LogP contribution in [-0.2, 0) is 6.42 Å². The molecule has 0 aliphatic rings. The van der Waals surface area contributed by atoms with Crippen molar-refractivity contribution < 1.29 is 9.50 Å². The van der Waals surface area contributed by atoms with Gasteiger partial charge in [0.2, 0.25) is 0 Å². The number of nitrogens with zero attached hydrogens (tertiary/aromatic N) is 1. The summed E-state index contributed by atoms with van der Waals surface area (Å²) in [5.41, 5.74) is 7.85. The molecule has 4 heteroatoms. The van der Waals surface area contributed by atoms with E-state index >= 15 is 0 Å². The highest BCUT2D eigenvalue weighted by molar-refractivity contribution is 5.45. The second kappa shape index (κ2) is 5.14. The molecule has 2 rings (SSSR count). The van der Waals surface area contributed by atoms with Gasteiger partial charge in [0.25, 0.3) is 0 Å². The van der Waals surface area contributed by atoms with Gasteiger partial charge in [-0.1, -0.05) is 18.2 Å². The van der Waals surface area contributed by atoms with E-state index < -0.39 is 6.10 Å². The van der Waals surface area contributed by atoms with Crippen LogP contribution in [0.4, 0.5) is 10.1 Å². The molecule has 0 spiro atoms. The minimum atomic E-state index is -0.920. The van der Waals surface area contributed by atoms with Crippen molar-refractivity contribution in [1.82, 2.24) is 4.98 Å². The van der Waals surface area contributed by atoms with Gasteiger partial charge in [-0.15, -0.1) is 0 Å². The molecule has 0 saturated carbocycles. The molecule has 0 aliphatic heterocycles. The van der Waals surface area contributed by atoms with E-state index in [2.05, 4.69) is 4.98 Å². The van der Waals surface area contributed by atoms with Gasteiger partial charge in [-0.25, -0.2) is 4.39 Å². The minimum absolute atomic E-state index is 0.250. The van der Waals surface area contributed by atoms with Crippen LogP contribution in [0.2, 0.25) is 0 Å². The van der Waals surface area contributed by atoms with Crippen LogP contribution in [0.3, 0.4) is 0 Å². The number of aliphatic hydroxyl groups is 1. The Morgan fingerprint density at radius 1 is 1.39 bits per heavy atom. The average Bonchev–Trinajstić information content (AvgIpc) is 2.35. The average molecular weight is 246 g/mol. The quantitative estimate of drug-likeness (QED) is 0.874. The molecule has 1 aromatic heterocycles. The number of hydrogen-bond acceptors (Lipinski definition) is 3. The number of aryl methyl sites for hydroxylation is 1. The van der Waals surface area contributed by atoms with E-state index in [1.54, 1.807) is 43.6 Å². The van der Waals surface area contributed by atoms with E-state index in [9.17, 15) is 9.50 Å². The van der Waals surface area contributed by atoms with E-state index in [0.717, 1.165) is 0 Å². The number of anilines is 1. The monoisotopic (exact) mass is 246 g/mol. The molecule has 0 radical (unpaired) electrons. The molecule has 0 aliphatic carbocycles. The fraction of sp³-hybridized carbons (Fsp3) is 0.214. The molecule has 0 amide bonds. The van der Waals surface area contributed by atoms with Crippen molar-refractivity contribution in [2.45, 2.75) is 19.4 Å². The van der Waals surface area contributed by atoms with Gasteiger partial charge in [0.1, 0.15) is 5.82 Å². The molecular formula is C14H15FN2O. The highest BCUT2D eigenvalue weighted by Gasteiger charge is 2.15. The highest BCUT2D eigenvalue weighted by Crippen LogP contribution is 2.24. The van der Waals surface area contributed by atoms with E-state index in [1.165, 1.54) is 0 Å². The molecule has 2 aromatic rings. The summed E-state index contributed by atoms with van der Waals surface area (Å²) in [6.45, 7) is 1.67. The molecule has 1 heterocycles. The molecule has 18 heavy (non-hydrogen) atoms. The molecule has 0 fully saturated rings. The third-order valence-electron chi connectivity index (χ3n) is 2.94. The summed E-state index contributed by atoms with van der Waals surface area (Å²) in [7, 11) is 0. The van der Waals surface area contributed by atoms with Gasteiger partial charge in [0.15, 0.2) is 0 Å². The van der Waals surface area contributed by atoms with Crippen molar-refractivity contribution >= 4 is 5.69 Å². The summed E-state index contributed by atoms with van der Waals surface area (Å²) in [5, 5.41) is 10.1. The van der Waals surface area contributed by atoms with E-state index in [1.807, 2.05) is 0 Å². The van der Waals surface area contributed by atoms with E-state index in [4.69, 9.17) is 5.73 Å². The number of benzene rings is 1. The van der Waals surface area contributed by atoms with Gasteiger partial charge in [-0.3, -0.25) is 4.98 Å². The van der Waals surface area contributed by atoms with Gasteiger partial charge >= 0.3 is 0 Å². The lowest BCUT2D eigenvalue weighted by atomic mass is 9.99. The first kappa shape index (κ1) is 12.5. The number of nitrogen functional groups attached to an aromatic ring is 1. The molecule has 1 unspecified atom stereocenters. The van der Waals surface area contributed by atoms with Crippen molar-refractivity contribution in [3.05, 3.63) is 59.2 Å². The Balaban J connectivity index is 2.25. The van der Waals surface area contributed by atoms with E-state index in [-0.39, 0.29) is 12.2 Å². The third-order valence-corrected chi connectivity index (χ3v) is 2.94. The van der Waals surface area contributed by atoms with Crippen LogP contribution in [0.5, 0.6) is 0 Å². The molecule has 0 bridgehead atoms. The van der Waals surface area contributed by atoms with Crippen LogP contribution < -0.4 is 5.73 Å². The number of hydrogen-bond donors (Lipinski definition) is 2. The predicted molar refractivity (Wildman–Crippen MR) is 68.5 cm³/mol. The SMILES string of the molecule is Cc1cccc(C(O)Cc2cnccc2N)c1F. The minimum Gasteiger partial charge on any atom is -0.398 e. The van der Waals surface area contributed by atoms with E-state index in [0.29, 0.717) is 22.4 Å². The van der Waals surface area contributed by atoms with Crippen molar-refractivity contribution in [2.75, 3.05) is 5.73 Å². The summed E-state index contributed by atoms with van der Waals surface area (Å²) < 4.78 is 13.8. The molecular weight excluding hydrogens is 231 g/mol. The smallest absolute Gasteiger partial charge is 0.131 e. The maximum atomic E-state index is 13.8. The lowest BCUT2D eigenvalue weighted by Gasteiger charge is -2.14. The fourth-order valence-corrected chi connectivity index (χ4v) is 1.85. The largest absolute Gasteiger partial charge is 0.398 e. The molecule has 1 aromatic carbocycles. The van der Waals surface area contributed by atoms with Crippen LogP contribution in [0, 0.1) is 12.7 Å². The second-order valence-electron chi connectivity index (χ2n) is 4.27. The van der Waals surface area contributed by atoms with Crippen LogP contribution in [0.15, 0.2) is 36.7 Å². The number of halogens is 1. The predicted octanol–water partition coefficient (Wildman–Crippen LogP) is 2.39. The summed E-state index contributed by atoms with van der Waals surface area (Å²) in [4.78, 5) is 3.95.